The van der Waals surface area contributed by atoms with Crippen molar-refractivity contribution in [3.05, 3.63) is 41.8 Å². The minimum absolute atomic E-state index is 0.304. The van der Waals surface area contributed by atoms with Crippen LogP contribution < -0.4 is 15.2 Å². The molecule has 2 N–H and O–H groups in total. The molecule has 6 heteroatoms. The Morgan fingerprint density at radius 2 is 2.00 bits per heavy atom. The van der Waals surface area contributed by atoms with Crippen LogP contribution >= 0.6 is 0 Å². The molecule has 0 fully saturated rings. The minimum Gasteiger partial charge on any atom is -0.486 e. The van der Waals surface area contributed by atoms with Gasteiger partial charge in [-0.3, -0.25) is 4.79 Å². The van der Waals surface area contributed by atoms with E-state index in [9.17, 15) is 4.79 Å². The van der Waals surface area contributed by atoms with Gasteiger partial charge >= 0.3 is 0 Å². The van der Waals surface area contributed by atoms with Gasteiger partial charge in [0, 0.05) is 6.07 Å². The van der Waals surface area contributed by atoms with E-state index in [0.29, 0.717) is 23.9 Å². The lowest BCUT2D eigenvalue weighted by molar-refractivity contribution is -0.123. The van der Waals surface area contributed by atoms with E-state index < -0.39 is 12.0 Å². The first kappa shape index (κ1) is 13.9. The molecule has 6 nitrogen and oxygen atoms in total. The molecule has 1 unspecified atom stereocenters. The Morgan fingerprint density at radius 3 is 2.55 bits per heavy atom. The number of carbonyl (C=O) groups is 1. The number of hydrogen-bond donors (Lipinski definition) is 1. The van der Waals surface area contributed by atoms with Crippen LogP contribution in [0.5, 0.6) is 11.5 Å². The topological polar surface area (TPSA) is 87.6 Å². The van der Waals surface area contributed by atoms with Crippen LogP contribution in [-0.2, 0) is 11.4 Å². The molecule has 2 rings (SSSR count). The average Bonchev–Trinajstić information content (AvgIpc) is 2.83. The van der Waals surface area contributed by atoms with E-state index in [1.807, 2.05) is 13.0 Å². The molecule has 0 spiro atoms. The van der Waals surface area contributed by atoms with Gasteiger partial charge in [-0.05, 0) is 38.1 Å². The van der Waals surface area contributed by atoms with E-state index in [1.54, 1.807) is 31.2 Å². The highest BCUT2D eigenvalue weighted by atomic mass is 16.5. The Kier molecular flexibility index (Phi) is 4.24. The summed E-state index contributed by atoms with van der Waals surface area (Å²) in [4.78, 5) is 10.9. The van der Waals surface area contributed by atoms with E-state index in [-0.39, 0.29) is 0 Å². The van der Waals surface area contributed by atoms with Gasteiger partial charge in [0.15, 0.2) is 11.9 Å². The van der Waals surface area contributed by atoms with Gasteiger partial charge in [-0.25, -0.2) is 0 Å². The van der Waals surface area contributed by atoms with Gasteiger partial charge in [-0.1, -0.05) is 5.16 Å². The fourth-order valence-corrected chi connectivity index (χ4v) is 1.52. The fourth-order valence-electron chi connectivity index (χ4n) is 1.52. The number of nitrogens with two attached hydrogens (primary N) is 1. The Bertz CT molecular complexity index is 577. The number of aryl methyl sites for hydroxylation is 1. The summed E-state index contributed by atoms with van der Waals surface area (Å²) in [5.74, 6) is 1.37. The van der Waals surface area contributed by atoms with Crippen LogP contribution in [0.3, 0.4) is 0 Å². The maximum Gasteiger partial charge on any atom is 0.258 e. The van der Waals surface area contributed by atoms with E-state index in [1.165, 1.54) is 0 Å². The molecule has 0 aliphatic heterocycles. The lowest BCUT2D eigenvalue weighted by Crippen LogP contribution is -2.30. The number of benzene rings is 1. The van der Waals surface area contributed by atoms with Gasteiger partial charge in [0.25, 0.3) is 5.91 Å². The van der Waals surface area contributed by atoms with Gasteiger partial charge < -0.3 is 19.7 Å². The van der Waals surface area contributed by atoms with Crippen LogP contribution in [0.25, 0.3) is 0 Å². The zero-order valence-electron chi connectivity index (χ0n) is 11.3. The second-order valence-electron chi connectivity index (χ2n) is 4.36. The van der Waals surface area contributed by atoms with Gasteiger partial charge in [0.1, 0.15) is 18.1 Å². The Morgan fingerprint density at radius 1 is 1.35 bits per heavy atom. The van der Waals surface area contributed by atoms with Crippen molar-refractivity contribution in [1.29, 1.82) is 0 Å². The van der Waals surface area contributed by atoms with Crippen molar-refractivity contribution in [3.63, 3.8) is 0 Å². The number of aromatic nitrogens is 1. The molecule has 1 amide bonds. The second kappa shape index (κ2) is 6.10. The van der Waals surface area contributed by atoms with Crippen LogP contribution in [0, 0.1) is 6.92 Å². The monoisotopic (exact) mass is 276 g/mol. The molecule has 0 bridgehead atoms. The van der Waals surface area contributed by atoms with Crippen molar-refractivity contribution in [1.82, 2.24) is 5.16 Å². The molecule has 1 aromatic carbocycles. The van der Waals surface area contributed by atoms with Crippen LogP contribution in [0.1, 0.15) is 18.4 Å². The number of ether oxygens (including phenoxy) is 2. The number of hydrogen-bond acceptors (Lipinski definition) is 5. The summed E-state index contributed by atoms with van der Waals surface area (Å²) < 4.78 is 15.9. The molecule has 0 aliphatic carbocycles. The van der Waals surface area contributed by atoms with E-state index in [4.69, 9.17) is 19.7 Å². The highest BCUT2D eigenvalue weighted by molar-refractivity contribution is 5.78. The number of carbonyl (C=O) groups excluding carboxylic acids is 1. The summed E-state index contributed by atoms with van der Waals surface area (Å²) in [5, 5.41) is 3.77. The molecule has 106 valence electrons. The molecular weight excluding hydrogens is 260 g/mol. The number of amides is 1. The lowest BCUT2D eigenvalue weighted by atomic mass is 10.3. The molecular formula is C14H16N2O4. The van der Waals surface area contributed by atoms with E-state index in [2.05, 4.69) is 5.16 Å². The van der Waals surface area contributed by atoms with Gasteiger partial charge in [-0.2, -0.15) is 0 Å². The maximum atomic E-state index is 10.9. The SMILES string of the molecule is Cc1cc(COc2ccc(OC(C)C(N)=O)cc2)on1. The summed E-state index contributed by atoms with van der Waals surface area (Å²) in [6, 6.07) is 8.71. The predicted molar refractivity (Wildman–Crippen MR) is 71.3 cm³/mol. The third-order valence-corrected chi connectivity index (χ3v) is 2.60. The van der Waals surface area contributed by atoms with Crippen LogP contribution in [-0.4, -0.2) is 17.2 Å². The van der Waals surface area contributed by atoms with Crippen LogP contribution in [0.15, 0.2) is 34.9 Å². The number of primary amides is 1. The zero-order chi connectivity index (χ0) is 14.5. The molecule has 1 atom stereocenters. The van der Waals surface area contributed by atoms with Crippen molar-refractivity contribution in [2.24, 2.45) is 5.73 Å². The largest absolute Gasteiger partial charge is 0.486 e. The smallest absolute Gasteiger partial charge is 0.258 e. The lowest BCUT2D eigenvalue weighted by Gasteiger charge is -2.11. The third-order valence-electron chi connectivity index (χ3n) is 2.60. The van der Waals surface area contributed by atoms with E-state index in [0.717, 1.165) is 5.69 Å². The highest BCUT2D eigenvalue weighted by Crippen LogP contribution is 2.19. The molecule has 1 aromatic heterocycles. The van der Waals surface area contributed by atoms with Crippen molar-refractivity contribution < 1.29 is 18.8 Å². The van der Waals surface area contributed by atoms with Crippen molar-refractivity contribution in [3.8, 4) is 11.5 Å². The Balaban J connectivity index is 1.89. The molecule has 20 heavy (non-hydrogen) atoms. The average molecular weight is 276 g/mol. The molecule has 0 aliphatic rings. The normalized spacial score (nSPS) is 11.9. The summed E-state index contributed by atoms with van der Waals surface area (Å²) in [5.41, 5.74) is 5.94. The third kappa shape index (κ3) is 3.74. The Labute approximate surface area is 116 Å². The molecule has 1 heterocycles. The zero-order valence-corrected chi connectivity index (χ0v) is 11.3. The number of rotatable bonds is 6. The standard InChI is InChI=1S/C14H16N2O4/c1-9-7-13(20-16-9)8-18-11-3-5-12(6-4-11)19-10(2)14(15)17/h3-7,10H,8H2,1-2H3,(H2,15,17). The van der Waals surface area contributed by atoms with Crippen molar-refractivity contribution in [2.45, 2.75) is 26.6 Å². The summed E-state index contributed by atoms with van der Waals surface area (Å²) in [6.07, 6.45) is -0.668. The van der Waals surface area contributed by atoms with Crippen LogP contribution in [0.2, 0.25) is 0 Å². The second-order valence-corrected chi connectivity index (χ2v) is 4.36. The van der Waals surface area contributed by atoms with Gasteiger partial charge in [-0.15, -0.1) is 0 Å². The minimum atomic E-state index is -0.668. The number of nitrogens with zero attached hydrogens (tertiary/aromatic N) is 1. The van der Waals surface area contributed by atoms with Gasteiger partial charge in [0.2, 0.25) is 0 Å². The summed E-state index contributed by atoms with van der Waals surface area (Å²) in [7, 11) is 0. The predicted octanol–water partition coefficient (Wildman–Crippen LogP) is 1.81. The van der Waals surface area contributed by atoms with Crippen molar-refractivity contribution >= 4 is 5.91 Å². The maximum absolute atomic E-state index is 10.9. The summed E-state index contributed by atoms with van der Waals surface area (Å²) >= 11 is 0. The van der Waals surface area contributed by atoms with E-state index >= 15 is 0 Å². The first-order valence-electron chi connectivity index (χ1n) is 6.15. The highest BCUT2D eigenvalue weighted by Gasteiger charge is 2.10. The summed E-state index contributed by atoms with van der Waals surface area (Å²) in [6.45, 7) is 3.75. The molecule has 0 saturated heterocycles. The van der Waals surface area contributed by atoms with Crippen molar-refractivity contribution in [2.75, 3.05) is 0 Å². The molecule has 0 saturated carbocycles. The Hall–Kier alpha value is -2.50. The first-order valence-corrected chi connectivity index (χ1v) is 6.15. The quantitative estimate of drug-likeness (QED) is 0.869. The van der Waals surface area contributed by atoms with Gasteiger partial charge in [0.05, 0.1) is 5.69 Å². The first-order chi connectivity index (χ1) is 9.54. The fraction of sp³-hybridized carbons (Fsp3) is 0.286. The molecule has 2 aromatic rings. The van der Waals surface area contributed by atoms with Crippen LogP contribution in [0.4, 0.5) is 0 Å². The molecule has 0 radical (unpaired) electrons.